The standard InChI is InChI=1S/C15H17N3O2/c1-9-4-5-12(6-10(9)2)13-7-11(3)17-15(18-13)16-8-14(19)20/h4-7H,8H2,1-3H3,(H,19,20)(H,16,17,18). The molecule has 20 heavy (non-hydrogen) atoms. The number of benzene rings is 1. The Morgan fingerprint density at radius 2 is 1.90 bits per heavy atom. The summed E-state index contributed by atoms with van der Waals surface area (Å²) in [6.45, 7) is 5.77. The van der Waals surface area contributed by atoms with Gasteiger partial charge in [-0.05, 0) is 44.0 Å². The summed E-state index contributed by atoms with van der Waals surface area (Å²) in [5.41, 5.74) is 4.99. The molecule has 0 aliphatic carbocycles. The Bertz CT molecular complexity index is 654. The van der Waals surface area contributed by atoms with Crippen molar-refractivity contribution in [2.45, 2.75) is 20.8 Å². The fourth-order valence-corrected chi connectivity index (χ4v) is 1.85. The number of aromatic nitrogens is 2. The molecule has 0 saturated heterocycles. The van der Waals surface area contributed by atoms with Crippen molar-refractivity contribution in [3.63, 3.8) is 0 Å². The normalized spacial score (nSPS) is 10.3. The van der Waals surface area contributed by atoms with E-state index < -0.39 is 5.97 Å². The molecule has 0 fully saturated rings. The van der Waals surface area contributed by atoms with E-state index in [0.717, 1.165) is 17.0 Å². The average Bonchev–Trinajstić information content (AvgIpc) is 2.39. The lowest BCUT2D eigenvalue weighted by Crippen LogP contribution is -2.14. The van der Waals surface area contributed by atoms with Crippen molar-refractivity contribution in [1.29, 1.82) is 0 Å². The molecule has 0 atom stereocenters. The second-order valence-corrected chi connectivity index (χ2v) is 4.76. The van der Waals surface area contributed by atoms with Gasteiger partial charge in [-0.25, -0.2) is 9.97 Å². The SMILES string of the molecule is Cc1cc(-c2ccc(C)c(C)c2)nc(NCC(=O)O)n1. The number of rotatable bonds is 4. The molecule has 0 spiro atoms. The minimum Gasteiger partial charge on any atom is -0.480 e. The summed E-state index contributed by atoms with van der Waals surface area (Å²) < 4.78 is 0. The maximum absolute atomic E-state index is 10.6. The van der Waals surface area contributed by atoms with Crippen LogP contribution in [-0.2, 0) is 4.79 Å². The van der Waals surface area contributed by atoms with E-state index in [1.165, 1.54) is 11.1 Å². The van der Waals surface area contributed by atoms with Gasteiger partial charge in [-0.3, -0.25) is 4.79 Å². The van der Waals surface area contributed by atoms with Gasteiger partial charge in [0.1, 0.15) is 6.54 Å². The summed E-state index contributed by atoms with van der Waals surface area (Å²) in [5, 5.41) is 11.4. The predicted octanol–water partition coefficient (Wildman–Crippen LogP) is 2.57. The molecule has 2 aromatic rings. The van der Waals surface area contributed by atoms with Gasteiger partial charge in [0.15, 0.2) is 0 Å². The van der Waals surface area contributed by atoms with E-state index in [2.05, 4.69) is 35.2 Å². The smallest absolute Gasteiger partial charge is 0.322 e. The zero-order chi connectivity index (χ0) is 14.7. The highest BCUT2D eigenvalue weighted by molar-refractivity contribution is 5.72. The van der Waals surface area contributed by atoms with E-state index in [4.69, 9.17) is 5.11 Å². The third kappa shape index (κ3) is 3.32. The Kier molecular flexibility index (Phi) is 3.98. The van der Waals surface area contributed by atoms with Crippen LogP contribution in [0.2, 0.25) is 0 Å². The van der Waals surface area contributed by atoms with E-state index in [1.807, 2.05) is 25.1 Å². The Labute approximate surface area is 117 Å². The van der Waals surface area contributed by atoms with Gasteiger partial charge in [0.2, 0.25) is 5.95 Å². The minimum atomic E-state index is -0.942. The van der Waals surface area contributed by atoms with Gasteiger partial charge in [0.25, 0.3) is 0 Å². The number of carbonyl (C=O) groups is 1. The fraction of sp³-hybridized carbons (Fsp3) is 0.267. The van der Waals surface area contributed by atoms with Gasteiger partial charge in [0.05, 0.1) is 5.69 Å². The first-order valence-electron chi connectivity index (χ1n) is 6.34. The first-order valence-corrected chi connectivity index (χ1v) is 6.34. The van der Waals surface area contributed by atoms with Crippen LogP contribution in [0.4, 0.5) is 5.95 Å². The molecular formula is C15H17N3O2. The number of anilines is 1. The van der Waals surface area contributed by atoms with Crippen LogP contribution < -0.4 is 5.32 Å². The highest BCUT2D eigenvalue weighted by Gasteiger charge is 2.07. The van der Waals surface area contributed by atoms with Crippen molar-refractivity contribution in [1.82, 2.24) is 9.97 Å². The number of aryl methyl sites for hydroxylation is 3. The summed E-state index contributed by atoms with van der Waals surface area (Å²) in [6.07, 6.45) is 0. The van der Waals surface area contributed by atoms with E-state index in [-0.39, 0.29) is 6.54 Å². The Morgan fingerprint density at radius 1 is 1.15 bits per heavy atom. The fourth-order valence-electron chi connectivity index (χ4n) is 1.85. The quantitative estimate of drug-likeness (QED) is 0.894. The van der Waals surface area contributed by atoms with Crippen LogP contribution in [0.1, 0.15) is 16.8 Å². The van der Waals surface area contributed by atoms with E-state index >= 15 is 0 Å². The molecule has 0 radical (unpaired) electrons. The van der Waals surface area contributed by atoms with Gasteiger partial charge in [-0.2, -0.15) is 0 Å². The molecule has 0 saturated carbocycles. The number of nitrogens with one attached hydrogen (secondary N) is 1. The second-order valence-electron chi connectivity index (χ2n) is 4.76. The lowest BCUT2D eigenvalue weighted by atomic mass is 10.0. The summed E-state index contributed by atoms with van der Waals surface area (Å²) >= 11 is 0. The van der Waals surface area contributed by atoms with Crippen molar-refractivity contribution >= 4 is 11.9 Å². The summed E-state index contributed by atoms with van der Waals surface area (Å²) in [6, 6.07) is 8.01. The average molecular weight is 271 g/mol. The first-order chi connectivity index (χ1) is 9.45. The maximum atomic E-state index is 10.6. The number of carboxylic acid groups (broad SMARTS) is 1. The monoisotopic (exact) mass is 271 g/mol. The number of hydrogen-bond acceptors (Lipinski definition) is 4. The predicted molar refractivity (Wildman–Crippen MR) is 77.8 cm³/mol. The van der Waals surface area contributed by atoms with Crippen molar-refractivity contribution in [2.24, 2.45) is 0 Å². The third-order valence-electron chi connectivity index (χ3n) is 3.05. The second kappa shape index (κ2) is 5.69. The van der Waals surface area contributed by atoms with Gasteiger partial charge in [-0.15, -0.1) is 0 Å². The van der Waals surface area contributed by atoms with Crippen LogP contribution >= 0.6 is 0 Å². The highest BCUT2D eigenvalue weighted by Crippen LogP contribution is 2.21. The Balaban J connectivity index is 2.35. The van der Waals surface area contributed by atoms with E-state index in [0.29, 0.717) is 5.95 Å². The van der Waals surface area contributed by atoms with E-state index in [1.54, 1.807) is 0 Å². The number of nitrogens with zero attached hydrogens (tertiary/aromatic N) is 2. The van der Waals surface area contributed by atoms with Crippen LogP contribution in [0.5, 0.6) is 0 Å². The molecule has 1 heterocycles. The van der Waals surface area contributed by atoms with Crippen LogP contribution in [-0.4, -0.2) is 27.6 Å². The number of hydrogen-bond donors (Lipinski definition) is 2. The molecule has 2 N–H and O–H groups in total. The van der Waals surface area contributed by atoms with Crippen molar-refractivity contribution in [3.05, 3.63) is 41.1 Å². The molecule has 2 rings (SSSR count). The molecule has 1 aromatic heterocycles. The molecule has 0 aliphatic heterocycles. The summed E-state index contributed by atoms with van der Waals surface area (Å²) in [7, 11) is 0. The van der Waals surface area contributed by atoms with E-state index in [9.17, 15) is 4.79 Å². The highest BCUT2D eigenvalue weighted by atomic mass is 16.4. The molecule has 0 amide bonds. The summed E-state index contributed by atoms with van der Waals surface area (Å²) in [5.74, 6) is -0.608. The Morgan fingerprint density at radius 3 is 2.55 bits per heavy atom. The van der Waals surface area contributed by atoms with Crippen LogP contribution in [0.3, 0.4) is 0 Å². The van der Waals surface area contributed by atoms with Crippen LogP contribution in [0, 0.1) is 20.8 Å². The Hall–Kier alpha value is -2.43. The number of carboxylic acids is 1. The van der Waals surface area contributed by atoms with Gasteiger partial charge in [-0.1, -0.05) is 12.1 Å². The van der Waals surface area contributed by atoms with Crippen LogP contribution in [0.15, 0.2) is 24.3 Å². The topological polar surface area (TPSA) is 75.1 Å². The van der Waals surface area contributed by atoms with Crippen LogP contribution in [0.25, 0.3) is 11.3 Å². The van der Waals surface area contributed by atoms with Gasteiger partial charge >= 0.3 is 5.97 Å². The number of aliphatic carboxylic acids is 1. The lowest BCUT2D eigenvalue weighted by Gasteiger charge is -2.08. The maximum Gasteiger partial charge on any atom is 0.322 e. The molecular weight excluding hydrogens is 254 g/mol. The molecule has 1 aromatic carbocycles. The van der Waals surface area contributed by atoms with Crippen molar-refractivity contribution in [2.75, 3.05) is 11.9 Å². The molecule has 5 heteroatoms. The molecule has 0 unspecified atom stereocenters. The zero-order valence-electron chi connectivity index (χ0n) is 11.8. The van der Waals surface area contributed by atoms with Gasteiger partial charge < -0.3 is 10.4 Å². The molecule has 5 nitrogen and oxygen atoms in total. The molecule has 0 aliphatic rings. The van der Waals surface area contributed by atoms with Crippen molar-refractivity contribution in [3.8, 4) is 11.3 Å². The summed E-state index contributed by atoms with van der Waals surface area (Å²) in [4.78, 5) is 19.1. The molecule has 0 bridgehead atoms. The lowest BCUT2D eigenvalue weighted by molar-refractivity contribution is -0.134. The zero-order valence-corrected chi connectivity index (χ0v) is 11.8. The van der Waals surface area contributed by atoms with Gasteiger partial charge in [0, 0.05) is 11.3 Å². The largest absolute Gasteiger partial charge is 0.480 e. The molecule has 104 valence electrons. The first kappa shape index (κ1) is 14.0. The van der Waals surface area contributed by atoms with Crippen molar-refractivity contribution < 1.29 is 9.90 Å². The minimum absolute atomic E-state index is 0.199. The third-order valence-corrected chi connectivity index (χ3v) is 3.05.